The quantitative estimate of drug-likeness (QED) is 0.533. The molecule has 62 valence electrons. The standard InChI is InChI=1S/C7H17NO2/c1-4-6-7-8(9-3)10-5-2/h4-7H2,1-3H3. The van der Waals surface area contributed by atoms with Crippen LogP contribution >= 0.6 is 0 Å². The van der Waals surface area contributed by atoms with Crippen LogP contribution in [-0.4, -0.2) is 25.5 Å². The van der Waals surface area contributed by atoms with E-state index in [-0.39, 0.29) is 0 Å². The van der Waals surface area contributed by atoms with Crippen molar-refractivity contribution in [2.45, 2.75) is 26.7 Å². The van der Waals surface area contributed by atoms with E-state index >= 15 is 0 Å². The van der Waals surface area contributed by atoms with Gasteiger partial charge in [0, 0.05) is 0 Å². The summed E-state index contributed by atoms with van der Waals surface area (Å²) in [6, 6.07) is 0. The van der Waals surface area contributed by atoms with Crippen LogP contribution in [0.4, 0.5) is 0 Å². The van der Waals surface area contributed by atoms with Gasteiger partial charge < -0.3 is 0 Å². The molecule has 0 spiro atoms. The zero-order valence-corrected chi connectivity index (χ0v) is 7.09. The van der Waals surface area contributed by atoms with Crippen molar-refractivity contribution >= 4 is 0 Å². The Balaban J connectivity index is 3.21. The number of hydrogen-bond acceptors (Lipinski definition) is 3. The molecule has 0 aromatic rings. The van der Waals surface area contributed by atoms with Crippen LogP contribution in [0, 0.1) is 0 Å². The smallest absolute Gasteiger partial charge is 0.0683 e. The molecule has 0 rings (SSSR count). The molecule has 0 saturated heterocycles. The van der Waals surface area contributed by atoms with E-state index in [1.54, 1.807) is 7.11 Å². The minimum absolute atomic E-state index is 0.664. The molecule has 0 saturated carbocycles. The molecule has 0 aromatic heterocycles. The van der Waals surface area contributed by atoms with E-state index in [4.69, 9.17) is 9.68 Å². The van der Waals surface area contributed by atoms with Crippen LogP contribution in [0.5, 0.6) is 0 Å². The van der Waals surface area contributed by atoms with Gasteiger partial charge in [-0.2, -0.15) is 0 Å². The van der Waals surface area contributed by atoms with Gasteiger partial charge in [-0.25, -0.2) is 0 Å². The van der Waals surface area contributed by atoms with Gasteiger partial charge in [0.2, 0.25) is 0 Å². The third kappa shape index (κ3) is 4.73. The van der Waals surface area contributed by atoms with Gasteiger partial charge in [-0.05, 0) is 13.3 Å². The molecule has 10 heavy (non-hydrogen) atoms. The first-order chi connectivity index (χ1) is 4.85. The zero-order chi connectivity index (χ0) is 7.82. The van der Waals surface area contributed by atoms with Crippen molar-refractivity contribution in [2.24, 2.45) is 0 Å². The number of hydrogen-bond donors (Lipinski definition) is 0. The fourth-order valence-corrected chi connectivity index (χ4v) is 0.640. The van der Waals surface area contributed by atoms with Crippen molar-refractivity contribution in [2.75, 3.05) is 20.3 Å². The summed E-state index contributed by atoms with van der Waals surface area (Å²) in [7, 11) is 1.62. The fraction of sp³-hybridized carbons (Fsp3) is 1.00. The first kappa shape index (κ1) is 9.88. The molecule has 0 unspecified atom stereocenters. The predicted octanol–water partition coefficient (Wildman–Crippen LogP) is 1.60. The van der Waals surface area contributed by atoms with Gasteiger partial charge in [0.15, 0.2) is 0 Å². The third-order valence-electron chi connectivity index (χ3n) is 1.17. The summed E-state index contributed by atoms with van der Waals surface area (Å²) >= 11 is 0. The summed E-state index contributed by atoms with van der Waals surface area (Å²) in [4.78, 5) is 10.0. The minimum atomic E-state index is 0.664. The zero-order valence-electron chi connectivity index (χ0n) is 7.09. The second-order valence-electron chi connectivity index (χ2n) is 2.01. The van der Waals surface area contributed by atoms with Crippen molar-refractivity contribution in [3.63, 3.8) is 0 Å². The van der Waals surface area contributed by atoms with Gasteiger partial charge in [0.25, 0.3) is 0 Å². The second kappa shape index (κ2) is 6.99. The highest BCUT2D eigenvalue weighted by atomic mass is 16.9. The highest BCUT2D eigenvalue weighted by Gasteiger charge is 1.99. The molecule has 0 heterocycles. The van der Waals surface area contributed by atoms with Crippen LogP contribution in [-0.2, 0) is 9.68 Å². The summed E-state index contributed by atoms with van der Waals surface area (Å²) in [5.41, 5.74) is 0. The van der Waals surface area contributed by atoms with E-state index < -0.39 is 0 Å². The monoisotopic (exact) mass is 147 g/mol. The fourth-order valence-electron chi connectivity index (χ4n) is 0.640. The number of unbranched alkanes of at least 4 members (excludes halogenated alkanes) is 1. The van der Waals surface area contributed by atoms with E-state index in [1.165, 1.54) is 5.23 Å². The van der Waals surface area contributed by atoms with Crippen LogP contribution < -0.4 is 0 Å². The molecule has 0 N–H and O–H groups in total. The highest BCUT2D eigenvalue weighted by Crippen LogP contribution is 1.95. The Morgan fingerprint density at radius 2 is 2.00 bits per heavy atom. The van der Waals surface area contributed by atoms with Gasteiger partial charge in [0.05, 0.1) is 20.3 Å². The maximum Gasteiger partial charge on any atom is 0.0683 e. The van der Waals surface area contributed by atoms with E-state index in [1.807, 2.05) is 6.92 Å². The van der Waals surface area contributed by atoms with Gasteiger partial charge in [-0.1, -0.05) is 18.6 Å². The van der Waals surface area contributed by atoms with Crippen molar-refractivity contribution in [3.05, 3.63) is 0 Å². The van der Waals surface area contributed by atoms with Crippen molar-refractivity contribution < 1.29 is 9.68 Å². The minimum Gasteiger partial charge on any atom is -0.278 e. The molecular formula is C7H17NO2. The molecule has 0 aliphatic rings. The molecule has 0 atom stereocenters. The van der Waals surface area contributed by atoms with Crippen LogP contribution in [0.3, 0.4) is 0 Å². The molecule has 0 radical (unpaired) electrons. The lowest BCUT2D eigenvalue weighted by Crippen LogP contribution is -2.23. The molecule has 0 aliphatic heterocycles. The second-order valence-corrected chi connectivity index (χ2v) is 2.01. The predicted molar refractivity (Wildman–Crippen MR) is 40.2 cm³/mol. The molecular weight excluding hydrogens is 130 g/mol. The Hall–Kier alpha value is -0.120. The molecule has 3 nitrogen and oxygen atoms in total. The van der Waals surface area contributed by atoms with Crippen LogP contribution in [0.1, 0.15) is 26.7 Å². The Morgan fingerprint density at radius 1 is 1.30 bits per heavy atom. The highest BCUT2D eigenvalue weighted by molar-refractivity contribution is 4.33. The molecule has 0 bridgehead atoms. The lowest BCUT2D eigenvalue weighted by molar-refractivity contribution is -0.354. The third-order valence-corrected chi connectivity index (χ3v) is 1.17. The van der Waals surface area contributed by atoms with Crippen molar-refractivity contribution in [1.82, 2.24) is 5.23 Å². The summed E-state index contributed by atoms with van der Waals surface area (Å²) in [6.07, 6.45) is 2.26. The van der Waals surface area contributed by atoms with Gasteiger partial charge >= 0.3 is 0 Å². The summed E-state index contributed by atoms with van der Waals surface area (Å²) in [5.74, 6) is 0. The average molecular weight is 147 g/mol. The Kier molecular flexibility index (Phi) is 6.91. The summed E-state index contributed by atoms with van der Waals surface area (Å²) < 4.78 is 0. The van der Waals surface area contributed by atoms with Crippen LogP contribution in [0.2, 0.25) is 0 Å². The van der Waals surface area contributed by atoms with E-state index in [0.29, 0.717) is 6.61 Å². The first-order valence-corrected chi connectivity index (χ1v) is 3.79. The van der Waals surface area contributed by atoms with Gasteiger partial charge in [0.1, 0.15) is 0 Å². The average Bonchev–Trinajstić information content (AvgIpc) is 1.98. The number of nitrogens with zero attached hydrogens (tertiary/aromatic N) is 1. The summed E-state index contributed by atoms with van der Waals surface area (Å²) in [5, 5.41) is 1.52. The number of rotatable bonds is 6. The Morgan fingerprint density at radius 3 is 2.40 bits per heavy atom. The lowest BCUT2D eigenvalue weighted by atomic mass is 10.3. The molecule has 0 aromatic carbocycles. The summed E-state index contributed by atoms with van der Waals surface area (Å²) in [6.45, 7) is 5.59. The van der Waals surface area contributed by atoms with Gasteiger partial charge in [-0.15, -0.1) is 0 Å². The van der Waals surface area contributed by atoms with Crippen LogP contribution in [0.15, 0.2) is 0 Å². The number of hydroxylamine groups is 2. The van der Waals surface area contributed by atoms with Crippen molar-refractivity contribution in [1.29, 1.82) is 0 Å². The van der Waals surface area contributed by atoms with E-state index in [9.17, 15) is 0 Å². The Labute approximate surface area is 62.8 Å². The molecule has 0 aliphatic carbocycles. The van der Waals surface area contributed by atoms with E-state index in [2.05, 4.69) is 6.92 Å². The molecule has 0 amide bonds. The van der Waals surface area contributed by atoms with Crippen molar-refractivity contribution in [3.8, 4) is 0 Å². The Bertz CT molecular complexity index is 68.6. The molecule has 3 heteroatoms. The topological polar surface area (TPSA) is 21.7 Å². The maximum absolute atomic E-state index is 5.10. The molecule has 0 fully saturated rings. The normalized spacial score (nSPS) is 10.8. The van der Waals surface area contributed by atoms with Crippen LogP contribution in [0.25, 0.3) is 0 Å². The largest absolute Gasteiger partial charge is 0.278 e. The lowest BCUT2D eigenvalue weighted by Gasteiger charge is -2.16. The van der Waals surface area contributed by atoms with Gasteiger partial charge in [-0.3, -0.25) is 9.68 Å². The SMILES string of the molecule is CCCCN(OC)OCC. The van der Waals surface area contributed by atoms with E-state index in [0.717, 1.165) is 19.4 Å². The first-order valence-electron chi connectivity index (χ1n) is 3.79. The maximum atomic E-state index is 5.10.